The second kappa shape index (κ2) is 7.80. The van der Waals surface area contributed by atoms with E-state index in [2.05, 4.69) is 5.32 Å². The highest BCUT2D eigenvalue weighted by Gasteiger charge is 2.32. The SMILES string of the molecule is CN(C)C(=O)c1ccc(CNC(=O)C2c3ccccc3Oc3ccccc32)cc1. The third kappa shape index (κ3) is 3.72. The molecular formula is C24H22N2O3. The molecule has 29 heavy (non-hydrogen) atoms. The lowest BCUT2D eigenvalue weighted by molar-refractivity contribution is -0.122. The summed E-state index contributed by atoms with van der Waals surface area (Å²) in [5, 5.41) is 3.03. The Balaban J connectivity index is 1.53. The summed E-state index contributed by atoms with van der Waals surface area (Å²) in [5.41, 5.74) is 3.27. The van der Waals surface area contributed by atoms with Crippen LogP contribution < -0.4 is 10.1 Å². The van der Waals surface area contributed by atoms with Gasteiger partial charge in [0.05, 0.1) is 5.92 Å². The Hall–Kier alpha value is -3.60. The summed E-state index contributed by atoms with van der Waals surface area (Å²) in [6.45, 7) is 0.386. The second-order valence-corrected chi connectivity index (χ2v) is 7.23. The molecule has 0 fully saturated rings. The molecule has 5 nitrogen and oxygen atoms in total. The fraction of sp³-hybridized carbons (Fsp3) is 0.167. The summed E-state index contributed by atoms with van der Waals surface area (Å²) in [6.07, 6.45) is 0. The van der Waals surface area contributed by atoms with Crippen LogP contribution in [0.4, 0.5) is 0 Å². The van der Waals surface area contributed by atoms with E-state index >= 15 is 0 Å². The molecule has 5 heteroatoms. The molecule has 1 heterocycles. The third-order valence-corrected chi connectivity index (χ3v) is 5.02. The van der Waals surface area contributed by atoms with Crippen molar-refractivity contribution >= 4 is 11.8 Å². The van der Waals surface area contributed by atoms with Gasteiger partial charge in [-0.15, -0.1) is 0 Å². The molecular weight excluding hydrogens is 364 g/mol. The first-order valence-electron chi connectivity index (χ1n) is 9.48. The number of nitrogens with one attached hydrogen (secondary N) is 1. The summed E-state index contributed by atoms with van der Waals surface area (Å²) in [7, 11) is 3.44. The monoisotopic (exact) mass is 386 g/mol. The van der Waals surface area contributed by atoms with Crippen LogP contribution in [0, 0.1) is 0 Å². The van der Waals surface area contributed by atoms with Gasteiger partial charge in [-0.3, -0.25) is 9.59 Å². The predicted octanol–water partition coefficient (Wildman–Crippen LogP) is 3.94. The molecule has 3 aromatic rings. The molecule has 0 unspecified atom stereocenters. The van der Waals surface area contributed by atoms with Crippen LogP contribution in [-0.2, 0) is 11.3 Å². The zero-order valence-electron chi connectivity index (χ0n) is 16.4. The number of amides is 2. The molecule has 0 radical (unpaired) electrons. The molecule has 1 N–H and O–H groups in total. The van der Waals surface area contributed by atoms with Crippen molar-refractivity contribution in [3.63, 3.8) is 0 Å². The number of benzene rings is 3. The number of ether oxygens (including phenoxy) is 1. The zero-order valence-corrected chi connectivity index (χ0v) is 16.4. The Kier molecular flexibility index (Phi) is 5.04. The normalized spacial score (nSPS) is 12.3. The van der Waals surface area contributed by atoms with Crippen molar-refractivity contribution in [2.75, 3.05) is 14.1 Å². The average Bonchev–Trinajstić information content (AvgIpc) is 2.75. The van der Waals surface area contributed by atoms with E-state index in [9.17, 15) is 9.59 Å². The first-order valence-corrected chi connectivity index (χ1v) is 9.48. The quantitative estimate of drug-likeness (QED) is 0.739. The minimum absolute atomic E-state index is 0.0454. The minimum atomic E-state index is -0.425. The topological polar surface area (TPSA) is 58.6 Å². The summed E-state index contributed by atoms with van der Waals surface area (Å²) in [6, 6.07) is 22.5. The van der Waals surface area contributed by atoms with Crippen molar-refractivity contribution in [1.29, 1.82) is 0 Å². The van der Waals surface area contributed by atoms with Gasteiger partial charge in [-0.25, -0.2) is 0 Å². The molecule has 0 aromatic heterocycles. The van der Waals surface area contributed by atoms with Crippen LogP contribution in [0.15, 0.2) is 72.8 Å². The minimum Gasteiger partial charge on any atom is -0.457 e. The summed E-state index contributed by atoms with van der Waals surface area (Å²) in [5.74, 6) is 0.860. The van der Waals surface area contributed by atoms with Gasteiger partial charge in [0.25, 0.3) is 5.91 Å². The molecule has 3 aromatic carbocycles. The lowest BCUT2D eigenvalue weighted by Gasteiger charge is -2.27. The third-order valence-electron chi connectivity index (χ3n) is 5.02. The number of hydrogen-bond donors (Lipinski definition) is 1. The molecule has 0 bridgehead atoms. The Labute approximate surface area is 169 Å². The number of hydrogen-bond acceptors (Lipinski definition) is 3. The maximum Gasteiger partial charge on any atom is 0.253 e. The van der Waals surface area contributed by atoms with Gasteiger partial charge in [-0.05, 0) is 29.8 Å². The fourth-order valence-electron chi connectivity index (χ4n) is 3.51. The molecule has 0 spiro atoms. The Morgan fingerprint density at radius 3 is 1.97 bits per heavy atom. The number of carbonyl (C=O) groups excluding carboxylic acids is 2. The van der Waals surface area contributed by atoms with Crippen LogP contribution in [0.3, 0.4) is 0 Å². The smallest absolute Gasteiger partial charge is 0.253 e. The van der Waals surface area contributed by atoms with Crippen LogP contribution in [-0.4, -0.2) is 30.8 Å². The van der Waals surface area contributed by atoms with Crippen molar-refractivity contribution in [1.82, 2.24) is 10.2 Å². The van der Waals surface area contributed by atoms with Gasteiger partial charge in [0, 0.05) is 37.3 Å². The van der Waals surface area contributed by atoms with E-state index < -0.39 is 5.92 Å². The molecule has 0 atom stereocenters. The molecule has 1 aliphatic heterocycles. The summed E-state index contributed by atoms with van der Waals surface area (Å²) < 4.78 is 5.96. The van der Waals surface area contributed by atoms with Crippen LogP contribution in [0.1, 0.15) is 33.0 Å². The maximum atomic E-state index is 13.1. The van der Waals surface area contributed by atoms with Gasteiger partial charge < -0.3 is 15.0 Å². The number of nitrogens with zero attached hydrogens (tertiary/aromatic N) is 1. The second-order valence-electron chi connectivity index (χ2n) is 7.23. The molecule has 2 amide bonds. The molecule has 1 aliphatic rings. The standard InChI is InChI=1S/C24H22N2O3/c1-26(2)24(28)17-13-11-16(12-14-17)15-25-23(27)22-18-7-3-5-9-20(18)29-21-10-6-4-8-19(21)22/h3-14,22H,15H2,1-2H3,(H,25,27). The van der Waals surface area contributed by atoms with Crippen LogP contribution >= 0.6 is 0 Å². The van der Waals surface area contributed by atoms with E-state index in [-0.39, 0.29) is 11.8 Å². The van der Waals surface area contributed by atoms with Crippen LogP contribution in [0.25, 0.3) is 0 Å². The lowest BCUT2D eigenvalue weighted by Crippen LogP contribution is -2.31. The lowest BCUT2D eigenvalue weighted by atomic mass is 9.87. The van der Waals surface area contributed by atoms with Crippen molar-refractivity contribution < 1.29 is 14.3 Å². The first-order chi connectivity index (χ1) is 14.0. The number of rotatable bonds is 4. The van der Waals surface area contributed by atoms with Gasteiger partial charge in [-0.1, -0.05) is 48.5 Å². The maximum absolute atomic E-state index is 13.1. The molecule has 0 aliphatic carbocycles. The van der Waals surface area contributed by atoms with E-state index in [1.54, 1.807) is 26.2 Å². The van der Waals surface area contributed by atoms with Gasteiger partial charge in [-0.2, -0.15) is 0 Å². The fourth-order valence-corrected chi connectivity index (χ4v) is 3.51. The van der Waals surface area contributed by atoms with Gasteiger partial charge in [0.2, 0.25) is 5.91 Å². The van der Waals surface area contributed by atoms with E-state index in [1.165, 1.54) is 4.90 Å². The highest BCUT2D eigenvalue weighted by atomic mass is 16.5. The van der Waals surface area contributed by atoms with Gasteiger partial charge >= 0.3 is 0 Å². The van der Waals surface area contributed by atoms with Crippen molar-refractivity contribution in [3.05, 3.63) is 95.1 Å². The van der Waals surface area contributed by atoms with Crippen LogP contribution in [0.5, 0.6) is 11.5 Å². The molecule has 146 valence electrons. The Morgan fingerprint density at radius 1 is 0.862 bits per heavy atom. The van der Waals surface area contributed by atoms with E-state index in [0.29, 0.717) is 23.6 Å². The van der Waals surface area contributed by atoms with Gasteiger partial charge in [0.1, 0.15) is 11.5 Å². The zero-order chi connectivity index (χ0) is 20.4. The largest absolute Gasteiger partial charge is 0.457 e. The summed E-state index contributed by atoms with van der Waals surface area (Å²) in [4.78, 5) is 26.7. The average molecular weight is 386 g/mol. The van der Waals surface area contributed by atoms with E-state index in [0.717, 1.165) is 16.7 Å². The number of para-hydroxylation sites is 2. The molecule has 0 saturated heterocycles. The van der Waals surface area contributed by atoms with Gasteiger partial charge in [0.15, 0.2) is 0 Å². The van der Waals surface area contributed by atoms with Crippen LogP contribution in [0.2, 0.25) is 0 Å². The first kappa shape index (κ1) is 18.7. The number of carbonyl (C=O) groups is 2. The summed E-state index contributed by atoms with van der Waals surface area (Å²) >= 11 is 0. The van der Waals surface area contributed by atoms with Crippen molar-refractivity contribution in [2.24, 2.45) is 0 Å². The predicted molar refractivity (Wildman–Crippen MR) is 111 cm³/mol. The van der Waals surface area contributed by atoms with E-state index in [4.69, 9.17) is 4.74 Å². The highest BCUT2D eigenvalue weighted by Crippen LogP contribution is 2.43. The molecule has 0 saturated carbocycles. The Morgan fingerprint density at radius 2 is 1.41 bits per heavy atom. The number of fused-ring (bicyclic) bond motifs is 2. The van der Waals surface area contributed by atoms with E-state index in [1.807, 2.05) is 60.7 Å². The molecule has 4 rings (SSSR count). The van der Waals surface area contributed by atoms with Crippen molar-refractivity contribution in [2.45, 2.75) is 12.5 Å². The highest BCUT2D eigenvalue weighted by molar-refractivity contribution is 5.94. The van der Waals surface area contributed by atoms with Crippen molar-refractivity contribution in [3.8, 4) is 11.5 Å². The Bertz CT molecular complexity index is 1010.